The molecular formula is C28H29FN4OS. The highest BCUT2D eigenvalue weighted by atomic mass is 32.2. The Morgan fingerprint density at radius 3 is 2.40 bits per heavy atom. The fourth-order valence-electron chi connectivity index (χ4n) is 4.89. The summed E-state index contributed by atoms with van der Waals surface area (Å²) in [5.41, 5.74) is 4.72. The SMILES string of the molecule is C[C@H]1C[C@H](C)CN(C(=O)c2ccc(Cn3c(SCc4ccc(F)cc4)nc4ccncc43)cc2)C1. The molecule has 0 unspecified atom stereocenters. The van der Waals surface area contributed by atoms with Crippen LogP contribution in [0.1, 0.15) is 41.8 Å². The number of nitrogens with zero attached hydrogens (tertiary/aromatic N) is 4. The Labute approximate surface area is 209 Å². The van der Waals surface area contributed by atoms with Gasteiger partial charge in [0.15, 0.2) is 5.16 Å². The molecule has 3 heterocycles. The van der Waals surface area contributed by atoms with Crippen LogP contribution in [0.5, 0.6) is 0 Å². The van der Waals surface area contributed by atoms with Gasteiger partial charge in [-0.05, 0) is 59.7 Å². The summed E-state index contributed by atoms with van der Waals surface area (Å²) in [4.78, 5) is 24.2. The Hall–Kier alpha value is -3.19. The van der Waals surface area contributed by atoms with E-state index in [1.807, 2.05) is 41.4 Å². The summed E-state index contributed by atoms with van der Waals surface area (Å²) in [7, 11) is 0. The lowest BCUT2D eigenvalue weighted by atomic mass is 9.91. The summed E-state index contributed by atoms with van der Waals surface area (Å²) < 4.78 is 15.4. The maximum atomic E-state index is 13.3. The quantitative estimate of drug-likeness (QED) is 0.311. The van der Waals surface area contributed by atoms with Crippen LogP contribution in [0.2, 0.25) is 0 Å². The predicted molar refractivity (Wildman–Crippen MR) is 138 cm³/mol. The number of fused-ring (bicyclic) bond motifs is 1. The highest BCUT2D eigenvalue weighted by molar-refractivity contribution is 7.98. The number of thioether (sulfide) groups is 1. The van der Waals surface area contributed by atoms with Crippen molar-refractivity contribution >= 4 is 28.7 Å². The third kappa shape index (κ3) is 5.40. The van der Waals surface area contributed by atoms with Crippen LogP contribution in [0.15, 0.2) is 72.1 Å². The fourth-order valence-corrected chi connectivity index (χ4v) is 5.86. The van der Waals surface area contributed by atoms with Gasteiger partial charge in [0, 0.05) is 30.6 Å². The van der Waals surface area contributed by atoms with Crippen LogP contribution < -0.4 is 0 Å². The second-order valence-corrected chi connectivity index (χ2v) is 10.6. The molecule has 0 bridgehead atoms. The summed E-state index contributed by atoms with van der Waals surface area (Å²) in [5.74, 6) is 1.65. The average Bonchev–Trinajstić information content (AvgIpc) is 3.20. The maximum Gasteiger partial charge on any atom is 0.253 e. The van der Waals surface area contributed by atoms with E-state index in [0.29, 0.717) is 24.1 Å². The molecule has 5 rings (SSSR count). The number of carbonyl (C=O) groups excluding carboxylic acids is 1. The van der Waals surface area contributed by atoms with Crippen molar-refractivity contribution in [2.24, 2.45) is 11.8 Å². The van der Waals surface area contributed by atoms with Gasteiger partial charge >= 0.3 is 0 Å². The molecule has 1 amide bonds. The molecule has 1 aliphatic rings. The summed E-state index contributed by atoms with van der Waals surface area (Å²) in [6, 6.07) is 16.4. The van der Waals surface area contributed by atoms with Gasteiger partial charge in [-0.15, -0.1) is 0 Å². The first-order chi connectivity index (χ1) is 17.0. The minimum Gasteiger partial charge on any atom is -0.338 e. The van der Waals surface area contributed by atoms with Crippen molar-refractivity contribution in [3.8, 4) is 0 Å². The van der Waals surface area contributed by atoms with Gasteiger partial charge < -0.3 is 9.47 Å². The smallest absolute Gasteiger partial charge is 0.253 e. The third-order valence-corrected chi connectivity index (χ3v) is 7.54. The van der Waals surface area contributed by atoms with Crippen LogP contribution in [0.4, 0.5) is 4.39 Å². The molecule has 2 aromatic carbocycles. The molecule has 0 saturated carbocycles. The van der Waals surface area contributed by atoms with Crippen molar-refractivity contribution in [2.45, 2.75) is 37.7 Å². The second-order valence-electron chi connectivity index (χ2n) is 9.61. The van der Waals surface area contributed by atoms with E-state index in [0.717, 1.165) is 46.0 Å². The number of aromatic nitrogens is 3. The standard InChI is InChI=1S/C28H29FN4OS/c1-19-13-20(2)16-32(15-19)27(34)23-7-3-21(4-8-23)17-33-26-14-30-12-11-25(26)31-28(33)35-18-22-5-9-24(29)10-6-22/h3-12,14,19-20H,13,15-18H2,1-2H3/t19-,20-/m0/s1. The molecule has 0 radical (unpaired) electrons. The number of rotatable bonds is 6. The zero-order valence-electron chi connectivity index (χ0n) is 20.0. The number of piperidine rings is 1. The first-order valence-electron chi connectivity index (χ1n) is 12.0. The van der Waals surface area contributed by atoms with E-state index in [-0.39, 0.29) is 11.7 Å². The lowest BCUT2D eigenvalue weighted by Crippen LogP contribution is -2.42. The number of pyridine rings is 1. The van der Waals surface area contributed by atoms with Crippen molar-refractivity contribution < 1.29 is 9.18 Å². The normalized spacial score (nSPS) is 18.2. The largest absolute Gasteiger partial charge is 0.338 e. The van der Waals surface area contributed by atoms with Crippen molar-refractivity contribution in [2.75, 3.05) is 13.1 Å². The van der Waals surface area contributed by atoms with Crippen molar-refractivity contribution in [3.05, 3.63) is 89.5 Å². The Bertz CT molecular complexity index is 1310. The monoisotopic (exact) mass is 488 g/mol. The fraction of sp³-hybridized carbons (Fsp3) is 0.321. The van der Waals surface area contributed by atoms with E-state index in [9.17, 15) is 9.18 Å². The lowest BCUT2D eigenvalue weighted by molar-refractivity contribution is 0.0623. The van der Waals surface area contributed by atoms with Gasteiger partial charge in [-0.25, -0.2) is 9.37 Å². The van der Waals surface area contributed by atoms with E-state index in [1.165, 1.54) is 18.6 Å². The number of hydrogen-bond donors (Lipinski definition) is 0. The molecule has 1 fully saturated rings. The third-order valence-electron chi connectivity index (χ3n) is 6.49. The molecule has 1 saturated heterocycles. The molecule has 180 valence electrons. The van der Waals surface area contributed by atoms with E-state index in [2.05, 4.69) is 23.4 Å². The molecule has 0 aliphatic carbocycles. The number of amides is 1. The van der Waals surface area contributed by atoms with Gasteiger partial charge in [0.1, 0.15) is 5.82 Å². The van der Waals surface area contributed by atoms with Gasteiger partial charge in [-0.2, -0.15) is 0 Å². The van der Waals surface area contributed by atoms with Crippen molar-refractivity contribution in [1.82, 2.24) is 19.4 Å². The van der Waals surface area contributed by atoms with Crippen LogP contribution in [0.3, 0.4) is 0 Å². The number of likely N-dealkylation sites (tertiary alicyclic amines) is 1. The Kier molecular flexibility index (Phi) is 6.86. The summed E-state index contributed by atoms with van der Waals surface area (Å²) in [6.45, 7) is 6.71. The van der Waals surface area contributed by atoms with Gasteiger partial charge in [-0.3, -0.25) is 9.78 Å². The van der Waals surface area contributed by atoms with E-state index in [1.54, 1.807) is 30.1 Å². The van der Waals surface area contributed by atoms with E-state index >= 15 is 0 Å². The van der Waals surface area contributed by atoms with Crippen LogP contribution in [0.25, 0.3) is 11.0 Å². The van der Waals surface area contributed by atoms with E-state index in [4.69, 9.17) is 4.98 Å². The average molecular weight is 489 g/mol. The number of halogens is 1. The highest BCUT2D eigenvalue weighted by Crippen LogP contribution is 2.28. The van der Waals surface area contributed by atoms with Gasteiger partial charge in [0.2, 0.25) is 0 Å². The van der Waals surface area contributed by atoms with Crippen LogP contribution in [0, 0.1) is 17.7 Å². The molecule has 5 nitrogen and oxygen atoms in total. The van der Waals surface area contributed by atoms with E-state index < -0.39 is 0 Å². The summed E-state index contributed by atoms with van der Waals surface area (Å²) in [5, 5.41) is 0.883. The summed E-state index contributed by atoms with van der Waals surface area (Å²) in [6.07, 6.45) is 4.76. The molecule has 1 aliphatic heterocycles. The Morgan fingerprint density at radius 2 is 1.69 bits per heavy atom. The molecule has 0 N–H and O–H groups in total. The molecule has 2 atom stereocenters. The van der Waals surface area contributed by atoms with Gasteiger partial charge in [-0.1, -0.05) is 49.9 Å². The first-order valence-corrected chi connectivity index (χ1v) is 13.0. The van der Waals surface area contributed by atoms with Crippen molar-refractivity contribution in [1.29, 1.82) is 0 Å². The zero-order chi connectivity index (χ0) is 24.4. The highest BCUT2D eigenvalue weighted by Gasteiger charge is 2.26. The minimum atomic E-state index is -0.233. The minimum absolute atomic E-state index is 0.114. The van der Waals surface area contributed by atoms with Gasteiger partial charge in [0.25, 0.3) is 5.91 Å². The summed E-state index contributed by atoms with van der Waals surface area (Å²) >= 11 is 1.62. The second kappa shape index (κ2) is 10.2. The molecule has 4 aromatic rings. The Morgan fingerprint density at radius 1 is 1.00 bits per heavy atom. The Balaban J connectivity index is 1.34. The maximum absolute atomic E-state index is 13.3. The topological polar surface area (TPSA) is 51.0 Å². The lowest BCUT2D eigenvalue weighted by Gasteiger charge is -2.35. The number of benzene rings is 2. The number of hydrogen-bond acceptors (Lipinski definition) is 4. The molecule has 7 heteroatoms. The zero-order valence-corrected chi connectivity index (χ0v) is 20.8. The van der Waals surface area contributed by atoms with Crippen molar-refractivity contribution in [3.63, 3.8) is 0 Å². The van der Waals surface area contributed by atoms with Crippen LogP contribution in [-0.4, -0.2) is 38.4 Å². The molecule has 0 spiro atoms. The molecular weight excluding hydrogens is 459 g/mol. The van der Waals surface area contributed by atoms with Gasteiger partial charge in [0.05, 0.1) is 23.8 Å². The van der Waals surface area contributed by atoms with Crippen LogP contribution in [-0.2, 0) is 12.3 Å². The first kappa shape index (κ1) is 23.5. The number of carbonyl (C=O) groups is 1. The molecule has 2 aromatic heterocycles. The number of imidazole rings is 1. The predicted octanol–water partition coefficient (Wildman–Crippen LogP) is 6.03. The molecule has 35 heavy (non-hydrogen) atoms. The van der Waals surface area contributed by atoms with Crippen LogP contribution >= 0.6 is 11.8 Å².